The predicted octanol–water partition coefficient (Wildman–Crippen LogP) is 4.22. The molecule has 98 valence electrons. The second-order valence-electron chi connectivity index (χ2n) is 4.03. The number of allylic oxidation sites excluding steroid dienone is 1. The summed E-state index contributed by atoms with van der Waals surface area (Å²) >= 11 is 3.64. The lowest BCUT2D eigenvalue weighted by Crippen LogP contribution is -2.43. The molecule has 0 aliphatic carbocycles. The highest BCUT2D eigenvalue weighted by molar-refractivity contribution is 9.11. The monoisotopic (exact) mass is 302 g/mol. The van der Waals surface area contributed by atoms with Crippen LogP contribution < -0.4 is 0 Å². The SMILES string of the molecule is C#CCCCCC/C=C(\Br)[N+](CC)(CC)OC. The van der Waals surface area contributed by atoms with Gasteiger partial charge in [-0.25, -0.2) is 4.84 Å². The summed E-state index contributed by atoms with van der Waals surface area (Å²) in [6.45, 7) is 6.13. The highest BCUT2D eigenvalue weighted by Crippen LogP contribution is 2.24. The summed E-state index contributed by atoms with van der Waals surface area (Å²) in [5.74, 6) is 2.67. The van der Waals surface area contributed by atoms with Crippen LogP contribution in [0.2, 0.25) is 0 Å². The van der Waals surface area contributed by atoms with E-state index >= 15 is 0 Å². The van der Waals surface area contributed by atoms with Gasteiger partial charge in [0.05, 0.1) is 7.11 Å². The number of unbranched alkanes of at least 4 members (excludes halogenated alkanes) is 4. The van der Waals surface area contributed by atoms with Crippen molar-refractivity contribution in [1.82, 2.24) is 0 Å². The molecule has 0 saturated carbocycles. The highest BCUT2D eigenvalue weighted by Gasteiger charge is 2.28. The van der Waals surface area contributed by atoms with Gasteiger partial charge in [0.1, 0.15) is 13.1 Å². The lowest BCUT2D eigenvalue weighted by molar-refractivity contribution is -1.06. The van der Waals surface area contributed by atoms with Crippen molar-refractivity contribution in [2.75, 3.05) is 20.2 Å². The van der Waals surface area contributed by atoms with Gasteiger partial charge in [0.2, 0.25) is 4.61 Å². The third-order valence-corrected chi connectivity index (χ3v) is 4.07. The summed E-state index contributed by atoms with van der Waals surface area (Å²) in [7, 11) is 1.76. The molecule has 0 unspecified atom stereocenters. The molecule has 0 spiro atoms. The number of hydrogen-bond acceptors (Lipinski definition) is 1. The molecule has 0 amide bonds. The smallest absolute Gasteiger partial charge is 0.200 e. The first-order valence-electron chi connectivity index (χ1n) is 6.39. The molecule has 0 aromatic carbocycles. The average Bonchev–Trinajstić information content (AvgIpc) is 2.36. The van der Waals surface area contributed by atoms with Gasteiger partial charge in [-0.15, -0.1) is 17.0 Å². The van der Waals surface area contributed by atoms with Gasteiger partial charge in [-0.2, -0.15) is 0 Å². The van der Waals surface area contributed by atoms with E-state index in [0.29, 0.717) is 4.65 Å². The largest absolute Gasteiger partial charge is 0.203 e. The molecule has 0 radical (unpaired) electrons. The van der Waals surface area contributed by atoms with Crippen molar-refractivity contribution in [2.24, 2.45) is 0 Å². The van der Waals surface area contributed by atoms with E-state index in [1.165, 1.54) is 12.8 Å². The number of hydrogen-bond donors (Lipinski definition) is 0. The van der Waals surface area contributed by atoms with Crippen molar-refractivity contribution in [3.8, 4) is 12.3 Å². The Morgan fingerprint density at radius 2 is 1.94 bits per heavy atom. The molecule has 0 heterocycles. The van der Waals surface area contributed by atoms with Gasteiger partial charge in [-0.05, 0) is 39.2 Å². The Labute approximate surface area is 115 Å². The molecule has 0 saturated heterocycles. The van der Waals surface area contributed by atoms with Crippen LogP contribution >= 0.6 is 15.9 Å². The normalized spacial score (nSPS) is 12.5. The Hall–Kier alpha value is -0.300. The fraction of sp³-hybridized carbons (Fsp3) is 0.714. The van der Waals surface area contributed by atoms with Gasteiger partial charge in [0, 0.05) is 22.4 Å². The van der Waals surface area contributed by atoms with E-state index in [1.807, 2.05) is 0 Å². The summed E-state index contributed by atoms with van der Waals surface area (Å²) in [5.41, 5.74) is 0. The maximum absolute atomic E-state index is 5.59. The number of halogens is 1. The zero-order chi connectivity index (χ0) is 13.1. The number of quaternary nitrogens is 1. The quantitative estimate of drug-likeness (QED) is 0.204. The lowest BCUT2D eigenvalue weighted by atomic mass is 10.1. The van der Waals surface area contributed by atoms with Gasteiger partial charge in [-0.3, -0.25) is 0 Å². The Morgan fingerprint density at radius 1 is 1.29 bits per heavy atom. The van der Waals surface area contributed by atoms with Crippen LogP contribution in [-0.2, 0) is 4.84 Å². The van der Waals surface area contributed by atoms with Gasteiger partial charge in [-0.1, -0.05) is 6.42 Å². The van der Waals surface area contributed by atoms with E-state index in [1.54, 1.807) is 7.11 Å². The molecular weight excluding hydrogens is 278 g/mol. The predicted molar refractivity (Wildman–Crippen MR) is 77.3 cm³/mol. The molecule has 0 N–H and O–H groups in total. The highest BCUT2D eigenvalue weighted by atomic mass is 79.9. The van der Waals surface area contributed by atoms with Crippen molar-refractivity contribution >= 4 is 15.9 Å². The average molecular weight is 303 g/mol. The molecular formula is C14H25BrNO+. The molecule has 0 bridgehead atoms. The van der Waals surface area contributed by atoms with Crippen LogP contribution in [0.1, 0.15) is 46.0 Å². The second kappa shape index (κ2) is 9.70. The Balaban J connectivity index is 4.10. The Morgan fingerprint density at radius 3 is 2.41 bits per heavy atom. The minimum Gasteiger partial charge on any atom is -0.200 e. The number of hydroxylamine groups is 3. The fourth-order valence-electron chi connectivity index (χ4n) is 1.81. The van der Waals surface area contributed by atoms with Crippen LogP contribution in [0.5, 0.6) is 0 Å². The maximum Gasteiger partial charge on any atom is 0.203 e. The molecule has 0 fully saturated rings. The summed E-state index contributed by atoms with van der Waals surface area (Å²) < 4.78 is 1.69. The summed E-state index contributed by atoms with van der Waals surface area (Å²) in [6.07, 6.45) is 12.9. The molecule has 0 aliphatic rings. The summed E-state index contributed by atoms with van der Waals surface area (Å²) in [4.78, 5) is 5.59. The van der Waals surface area contributed by atoms with Crippen LogP contribution in [0.4, 0.5) is 0 Å². The van der Waals surface area contributed by atoms with E-state index in [0.717, 1.165) is 37.0 Å². The lowest BCUT2D eigenvalue weighted by Gasteiger charge is -2.30. The number of rotatable bonds is 9. The Kier molecular flexibility index (Phi) is 9.53. The van der Waals surface area contributed by atoms with E-state index in [2.05, 4.69) is 41.8 Å². The van der Waals surface area contributed by atoms with Crippen LogP contribution in [0.15, 0.2) is 10.7 Å². The molecule has 0 aromatic heterocycles. The summed E-state index contributed by atoms with van der Waals surface area (Å²) in [6, 6.07) is 0. The molecule has 2 nitrogen and oxygen atoms in total. The molecule has 0 aromatic rings. The second-order valence-corrected chi connectivity index (χ2v) is 4.85. The van der Waals surface area contributed by atoms with Crippen LogP contribution in [0.3, 0.4) is 0 Å². The van der Waals surface area contributed by atoms with E-state index in [-0.39, 0.29) is 0 Å². The minimum absolute atomic E-state index is 0.560. The van der Waals surface area contributed by atoms with Crippen LogP contribution in [-0.4, -0.2) is 24.8 Å². The van der Waals surface area contributed by atoms with Crippen molar-refractivity contribution in [3.05, 3.63) is 10.7 Å². The first-order valence-corrected chi connectivity index (χ1v) is 7.18. The molecule has 17 heavy (non-hydrogen) atoms. The first kappa shape index (κ1) is 16.7. The first-order chi connectivity index (χ1) is 8.16. The fourth-order valence-corrected chi connectivity index (χ4v) is 2.68. The van der Waals surface area contributed by atoms with Gasteiger partial charge >= 0.3 is 0 Å². The molecule has 0 atom stereocenters. The van der Waals surface area contributed by atoms with Crippen molar-refractivity contribution in [2.45, 2.75) is 46.0 Å². The van der Waals surface area contributed by atoms with Gasteiger partial charge in [0.25, 0.3) is 0 Å². The topological polar surface area (TPSA) is 9.23 Å². The Bertz CT molecular complexity index is 256. The zero-order valence-corrected chi connectivity index (χ0v) is 12.9. The van der Waals surface area contributed by atoms with Crippen molar-refractivity contribution in [1.29, 1.82) is 0 Å². The zero-order valence-electron chi connectivity index (χ0n) is 11.3. The van der Waals surface area contributed by atoms with Crippen molar-refractivity contribution in [3.63, 3.8) is 0 Å². The van der Waals surface area contributed by atoms with Crippen LogP contribution in [0, 0.1) is 12.3 Å². The van der Waals surface area contributed by atoms with E-state index in [4.69, 9.17) is 11.3 Å². The molecule has 3 heteroatoms. The summed E-state index contributed by atoms with van der Waals surface area (Å²) in [5, 5.41) is 0. The van der Waals surface area contributed by atoms with Gasteiger partial charge in [0.15, 0.2) is 0 Å². The van der Waals surface area contributed by atoms with E-state index < -0.39 is 0 Å². The maximum atomic E-state index is 5.59. The molecule has 0 rings (SSSR count). The van der Waals surface area contributed by atoms with Gasteiger partial charge < -0.3 is 0 Å². The minimum atomic E-state index is 0.560. The van der Waals surface area contributed by atoms with Crippen LogP contribution in [0.25, 0.3) is 0 Å². The van der Waals surface area contributed by atoms with E-state index in [9.17, 15) is 0 Å². The number of nitrogens with zero attached hydrogens (tertiary/aromatic N) is 1. The third-order valence-electron chi connectivity index (χ3n) is 3.10. The number of terminal acetylenes is 1. The molecule has 0 aliphatic heterocycles. The third kappa shape index (κ3) is 5.72. The standard InChI is InChI=1S/C14H25BrNO/c1-5-8-9-10-11-12-13-14(15)16(6-2,7-3)17-4/h1,13H,6-12H2,2-4H3/q+1/b14-13+. The van der Waals surface area contributed by atoms with Crippen molar-refractivity contribution < 1.29 is 9.48 Å².